The van der Waals surface area contributed by atoms with Gasteiger partial charge in [-0.2, -0.15) is 0 Å². The summed E-state index contributed by atoms with van der Waals surface area (Å²) in [6.07, 6.45) is 0.897. The van der Waals surface area contributed by atoms with Gasteiger partial charge >= 0.3 is 0 Å². The molecule has 0 aliphatic heterocycles. The number of anilines is 1. The third-order valence-electron chi connectivity index (χ3n) is 2.06. The molecule has 0 saturated carbocycles. The smallest absolute Gasteiger partial charge is 0.225 e. The van der Waals surface area contributed by atoms with Crippen molar-refractivity contribution in [3.63, 3.8) is 0 Å². The highest BCUT2D eigenvalue weighted by Crippen LogP contribution is 2.07. The first-order chi connectivity index (χ1) is 8.61. The first-order valence-corrected chi connectivity index (χ1v) is 5.98. The van der Waals surface area contributed by atoms with Crippen molar-refractivity contribution in [2.45, 2.75) is 26.7 Å². The molecule has 0 aliphatic rings. The topological polar surface area (TPSA) is 62.2 Å². The Hall–Kier alpha value is -1.86. The lowest BCUT2D eigenvalue weighted by atomic mass is 10.1. The van der Waals surface area contributed by atoms with Gasteiger partial charge in [-0.1, -0.05) is 25.8 Å². The Morgan fingerprint density at radius 1 is 1.50 bits per heavy atom. The fourth-order valence-corrected chi connectivity index (χ4v) is 1.35. The number of nitrogens with zero attached hydrogens (tertiary/aromatic N) is 1. The van der Waals surface area contributed by atoms with E-state index in [0.717, 1.165) is 0 Å². The molecule has 0 bridgehead atoms. The van der Waals surface area contributed by atoms with Gasteiger partial charge in [0.2, 0.25) is 5.91 Å². The Labute approximate surface area is 107 Å². The summed E-state index contributed by atoms with van der Waals surface area (Å²) in [7, 11) is 0. The zero-order chi connectivity index (χ0) is 13.4. The predicted octanol–water partition coefficient (Wildman–Crippen LogP) is 1.80. The van der Waals surface area contributed by atoms with Crippen LogP contribution >= 0.6 is 0 Å². The number of hydrogen-bond donors (Lipinski definition) is 2. The second-order valence-electron chi connectivity index (χ2n) is 4.33. The first-order valence-electron chi connectivity index (χ1n) is 5.98. The van der Waals surface area contributed by atoms with Crippen molar-refractivity contribution in [2.24, 2.45) is 5.92 Å². The van der Waals surface area contributed by atoms with Gasteiger partial charge in [0.15, 0.2) is 0 Å². The van der Waals surface area contributed by atoms with Crippen LogP contribution in [0.15, 0.2) is 18.2 Å². The van der Waals surface area contributed by atoms with Crippen LogP contribution in [-0.2, 0) is 4.79 Å². The molecule has 0 aromatic carbocycles. The maximum absolute atomic E-state index is 11.6. The molecule has 1 rings (SSSR count). The molecule has 18 heavy (non-hydrogen) atoms. The zero-order valence-corrected chi connectivity index (χ0v) is 10.7. The molecule has 0 radical (unpaired) electrons. The number of hydrogen-bond acceptors (Lipinski definition) is 3. The quantitative estimate of drug-likeness (QED) is 0.796. The number of aromatic nitrogens is 1. The number of amides is 1. The summed E-state index contributed by atoms with van der Waals surface area (Å²) in [4.78, 5) is 15.8. The van der Waals surface area contributed by atoms with Gasteiger partial charge < -0.3 is 10.4 Å². The minimum absolute atomic E-state index is 0.0395. The van der Waals surface area contributed by atoms with Crippen LogP contribution in [0, 0.1) is 17.8 Å². The Morgan fingerprint density at radius 2 is 2.28 bits per heavy atom. The maximum atomic E-state index is 11.6. The van der Waals surface area contributed by atoms with Gasteiger partial charge in [-0.05, 0) is 24.0 Å². The third kappa shape index (κ3) is 5.46. The lowest BCUT2D eigenvalue weighted by molar-refractivity contribution is -0.116. The summed E-state index contributed by atoms with van der Waals surface area (Å²) in [6.45, 7) is 4.02. The fourth-order valence-electron chi connectivity index (χ4n) is 1.35. The summed E-state index contributed by atoms with van der Waals surface area (Å²) in [5.41, 5.74) is 0.589. The molecule has 2 N–H and O–H groups in total. The van der Waals surface area contributed by atoms with Gasteiger partial charge in [0.25, 0.3) is 0 Å². The average Bonchev–Trinajstić information content (AvgIpc) is 2.28. The highest BCUT2D eigenvalue weighted by Gasteiger charge is 2.05. The number of nitrogens with one attached hydrogen (secondary N) is 1. The Bertz CT molecular complexity index is 458. The summed E-state index contributed by atoms with van der Waals surface area (Å²) in [5, 5.41) is 11.4. The zero-order valence-electron chi connectivity index (χ0n) is 10.7. The van der Waals surface area contributed by atoms with Gasteiger partial charge in [0, 0.05) is 12.8 Å². The molecule has 1 aromatic rings. The number of carbonyl (C=O) groups excluding carboxylic acids is 1. The molecule has 1 heterocycles. The summed E-state index contributed by atoms with van der Waals surface area (Å²) < 4.78 is 0. The van der Waals surface area contributed by atoms with E-state index in [1.807, 2.05) is 13.8 Å². The number of carbonyl (C=O) groups is 1. The van der Waals surface area contributed by atoms with Crippen molar-refractivity contribution in [1.82, 2.24) is 4.98 Å². The lowest BCUT2D eigenvalue weighted by Gasteiger charge is -2.06. The van der Waals surface area contributed by atoms with Gasteiger partial charge in [-0.25, -0.2) is 4.98 Å². The second kappa shape index (κ2) is 7.46. The molecular formula is C14H18N2O2. The minimum atomic E-state index is -0.0435. The molecule has 0 atom stereocenters. The molecule has 96 valence electrons. The standard InChI is InChI=1S/C14H18N2O2/c1-11(2)10-14(18)16-13-8-5-7-12(15-13)6-3-4-9-17/h5,7-8,11,17H,4,9-10H2,1-2H3,(H,15,16,18). The lowest BCUT2D eigenvalue weighted by Crippen LogP contribution is -2.14. The van der Waals surface area contributed by atoms with E-state index in [1.165, 1.54) is 0 Å². The number of rotatable bonds is 4. The molecule has 0 fully saturated rings. The van der Waals surface area contributed by atoms with E-state index >= 15 is 0 Å². The largest absolute Gasteiger partial charge is 0.395 e. The first kappa shape index (κ1) is 14.2. The van der Waals surface area contributed by atoms with E-state index in [0.29, 0.717) is 30.3 Å². The van der Waals surface area contributed by atoms with Crippen LogP contribution in [0.4, 0.5) is 5.82 Å². The molecule has 1 amide bonds. The number of aliphatic hydroxyl groups is 1. The summed E-state index contributed by atoms with van der Waals surface area (Å²) in [6, 6.07) is 5.29. The van der Waals surface area contributed by atoms with E-state index < -0.39 is 0 Å². The van der Waals surface area contributed by atoms with Crippen molar-refractivity contribution in [3.8, 4) is 11.8 Å². The van der Waals surface area contributed by atoms with Crippen LogP contribution in [0.5, 0.6) is 0 Å². The van der Waals surface area contributed by atoms with Crippen molar-refractivity contribution in [2.75, 3.05) is 11.9 Å². The Balaban J connectivity index is 2.65. The molecular weight excluding hydrogens is 228 g/mol. The van der Waals surface area contributed by atoms with Gasteiger partial charge in [0.1, 0.15) is 11.5 Å². The van der Waals surface area contributed by atoms with Crippen LogP contribution in [0.25, 0.3) is 0 Å². The number of aliphatic hydroxyl groups excluding tert-OH is 1. The highest BCUT2D eigenvalue weighted by molar-refractivity contribution is 5.89. The number of pyridine rings is 1. The average molecular weight is 246 g/mol. The van der Waals surface area contributed by atoms with Gasteiger partial charge in [-0.3, -0.25) is 4.79 Å². The molecule has 4 heteroatoms. The third-order valence-corrected chi connectivity index (χ3v) is 2.06. The Kier molecular flexibility index (Phi) is 5.89. The fraction of sp³-hybridized carbons (Fsp3) is 0.429. The van der Waals surface area contributed by atoms with Crippen molar-refractivity contribution < 1.29 is 9.90 Å². The summed E-state index contributed by atoms with van der Waals surface area (Å²) >= 11 is 0. The minimum Gasteiger partial charge on any atom is -0.395 e. The van der Waals surface area contributed by atoms with Crippen LogP contribution in [0.2, 0.25) is 0 Å². The second-order valence-corrected chi connectivity index (χ2v) is 4.33. The van der Waals surface area contributed by atoms with Gasteiger partial charge in [0.05, 0.1) is 6.61 Å². The van der Waals surface area contributed by atoms with Crippen LogP contribution < -0.4 is 5.32 Å². The van der Waals surface area contributed by atoms with E-state index in [4.69, 9.17) is 5.11 Å². The molecule has 0 aliphatic carbocycles. The molecule has 4 nitrogen and oxygen atoms in total. The molecule has 0 saturated heterocycles. The highest BCUT2D eigenvalue weighted by atomic mass is 16.2. The monoisotopic (exact) mass is 246 g/mol. The van der Waals surface area contributed by atoms with Crippen molar-refractivity contribution in [3.05, 3.63) is 23.9 Å². The van der Waals surface area contributed by atoms with Crippen LogP contribution in [-0.4, -0.2) is 22.6 Å². The van der Waals surface area contributed by atoms with Gasteiger partial charge in [-0.15, -0.1) is 0 Å². The maximum Gasteiger partial charge on any atom is 0.225 e. The predicted molar refractivity (Wildman–Crippen MR) is 70.9 cm³/mol. The van der Waals surface area contributed by atoms with E-state index in [1.54, 1.807) is 18.2 Å². The van der Waals surface area contributed by atoms with E-state index in [-0.39, 0.29) is 12.5 Å². The van der Waals surface area contributed by atoms with Crippen LogP contribution in [0.3, 0.4) is 0 Å². The van der Waals surface area contributed by atoms with E-state index in [2.05, 4.69) is 22.1 Å². The normalized spacial score (nSPS) is 9.78. The molecule has 0 unspecified atom stereocenters. The molecule has 0 spiro atoms. The van der Waals surface area contributed by atoms with E-state index in [9.17, 15) is 4.79 Å². The van der Waals surface area contributed by atoms with Crippen molar-refractivity contribution in [1.29, 1.82) is 0 Å². The molecule has 1 aromatic heterocycles. The Morgan fingerprint density at radius 3 is 2.94 bits per heavy atom. The van der Waals surface area contributed by atoms with Crippen LogP contribution in [0.1, 0.15) is 32.4 Å². The van der Waals surface area contributed by atoms with Crippen molar-refractivity contribution >= 4 is 11.7 Å². The SMILES string of the molecule is CC(C)CC(=O)Nc1cccc(C#CCCO)n1. The summed E-state index contributed by atoms with van der Waals surface area (Å²) in [5.74, 6) is 6.40.